The third-order valence-electron chi connectivity index (χ3n) is 2.30. The van der Waals surface area contributed by atoms with Crippen molar-refractivity contribution >= 4 is 11.1 Å². The molecule has 0 radical (unpaired) electrons. The summed E-state index contributed by atoms with van der Waals surface area (Å²) in [6.45, 7) is 1.34. The van der Waals surface area contributed by atoms with Gasteiger partial charge < -0.3 is 4.42 Å². The third kappa shape index (κ3) is 2.30. The van der Waals surface area contributed by atoms with Crippen LogP contribution in [-0.4, -0.2) is 23.6 Å². The van der Waals surface area contributed by atoms with Gasteiger partial charge in [0.25, 0.3) is 0 Å². The fraction of sp³-hybridized carbons (Fsp3) is 0.300. The molecule has 1 aromatic heterocycles. The van der Waals surface area contributed by atoms with Crippen molar-refractivity contribution in [3.63, 3.8) is 0 Å². The molecule has 0 fully saturated rings. The van der Waals surface area contributed by atoms with Crippen molar-refractivity contribution in [2.24, 2.45) is 5.84 Å². The number of nitrogens with zero attached hydrogens (tertiary/aromatic N) is 1. The van der Waals surface area contributed by atoms with Crippen LogP contribution in [-0.2, 0) is 6.54 Å². The van der Waals surface area contributed by atoms with Gasteiger partial charge in [-0.05, 0) is 24.7 Å². The van der Waals surface area contributed by atoms with Crippen LogP contribution in [0.25, 0.3) is 11.1 Å². The lowest BCUT2D eigenvalue weighted by molar-refractivity contribution is 0.301. The maximum Gasteiger partial charge on any atom is 0.417 e. The third-order valence-corrected chi connectivity index (χ3v) is 2.30. The van der Waals surface area contributed by atoms with Gasteiger partial charge in [0.2, 0.25) is 0 Å². The fourth-order valence-electron chi connectivity index (χ4n) is 1.62. The van der Waals surface area contributed by atoms with Gasteiger partial charge in [-0.15, -0.1) is 0 Å². The SMILES string of the molecule is CN(CNN)Cc1ccc2oc(=O)[nH]c2c1. The number of H-pyrrole nitrogens is 1. The molecule has 0 aliphatic heterocycles. The maximum absolute atomic E-state index is 11.0. The Morgan fingerprint density at radius 2 is 2.38 bits per heavy atom. The lowest BCUT2D eigenvalue weighted by atomic mass is 10.2. The van der Waals surface area contributed by atoms with Crippen LogP contribution in [0.2, 0.25) is 0 Å². The Hall–Kier alpha value is -1.63. The molecule has 0 amide bonds. The molecule has 2 rings (SSSR count). The molecule has 0 unspecified atom stereocenters. The number of hydrogen-bond donors (Lipinski definition) is 3. The van der Waals surface area contributed by atoms with Crippen LogP contribution in [0, 0.1) is 0 Å². The molecule has 1 heterocycles. The lowest BCUT2D eigenvalue weighted by Crippen LogP contribution is -2.34. The predicted molar refractivity (Wildman–Crippen MR) is 60.5 cm³/mol. The summed E-state index contributed by atoms with van der Waals surface area (Å²) in [6.07, 6.45) is 0. The first-order valence-electron chi connectivity index (χ1n) is 4.93. The summed E-state index contributed by atoms with van der Waals surface area (Å²) >= 11 is 0. The van der Waals surface area contributed by atoms with Gasteiger partial charge in [-0.25, -0.2) is 10.2 Å². The van der Waals surface area contributed by atoms with Crippen molar-refractivity contribution in [1.29, 1.82) is 0 Å². The van der Waals surface area contributed by atoms with Crippen molar-refractivity contribution in [2.75, 3.05) is 13.7 Å². The van der Waals surface area contributed by atoms with Crippen molar-refractivity contribution < 1.29 is 4.42 Å². The summed E-state index contributed by atoms with van der Waals surface area (Å²) in [5.74, 6) is 4.80. The predicted octanol–water partition coefficient (Wildman–Crippen LogP) is -0.0263. The minimum absolute atomic E-state index is 0.427. The number of nitrogens with two attached hydrogens (primary N) is 1. The number of fused-ring (bicyclic) bond motifs is 1. The zero-order valence-electron chi connectivity index (χ0n) is 8.99. The zero-order valence-corrected chi connectivity index (χ0v) is 8.99. The summed E-state index contributed by atoms with van der Waals surface area (Å²) in [6, 6.07) is 5.60. The van der Waals surface area contributed by atoms with Crippen LogP contribution in [0.5, 0.6) is 0 Å². The zero-order chi connectivity index (χ0) is 11.5. The van der Waals surface area contributed by atoms with E-state index in [0.29, 0.717) is 12.3 Å². The van der Waals surface area contributed by atoms with Gasteiger partial charge in [-0.1, -0.05) is 6.07 Å². The van der Waals surface area contributed by atoms with E-state index in [9.17, 15) is 4.79 Å². The van der Waals surface area contributed by atoms with Crippen LogP contribution in [0.3, 0.4) is 0 Å². The highest BCUT2D eigenvalue weighted by molar-refractivity contribution is 5.72. The van der Waals surface area contributed by atoms with Crippen LogP contribution in [0.15, 0.2) is 27.4 Å². The number of hydrazine groups is 1. The summed E-state index contributed by atoms with van der Waals surface area (Å²) < 4.78 is 4.92. The summed E-state index contributed by atoms with van der Waals surface area (Å²) in [7, 11) is 1.95. The highest BCUT2D eigenvalue weighted by atomic mass is 16.4. The molecule has 0 saturated carbocycles. The molecule has 86 valence electrons. The van der Waals surface area contributed by atoms with E-state index in [4.69, 9.17) is 10.3 Å². The normalized spacial score (nSPS) is 11.4. The standard InChI is InChI=1S/C10H14N4O2/c1-14(6-12-11)5-7-2-3-9-8(4-7)13-10(15)16-9/h2-4,12H,5-6,11H2,1H3,(H,13,15). The fourth-order valence-corrected chi connectivity index (χ4v) is 1.62. The van der Waals surface area contributed by atoms with E-state index in [1.165, 1.54) is 0 Å². The Morgan fingerprint density at radius 3 is 3.12 bits per heavy atom. The lowest BCUT2D eigenvalue weighted by Gasteiger charge is -2.15. The molecular formula is C10H14N4O2. The highest BCUT2D eigenvalue weighted by Gasteiger charge is 2.03. The van der Waals surface area contributed by atoms with E-state index in [1.807, 2.05) is 24.1 Å². The Kier molecular flexibility index (Phi) is 3.04. The topological polar surface area (TPSA) is 87.3 Å². The molecule has 6 nitrogen and oxygen atoms in total. The summed E-state index contributed by atoms with van der Waals surface area (Å²) in [4.78, 5) is 15.6. The molecule has 0 aliphatic rings. The quantitative estimate of drug-likeness (QED) is 0.384. The molecular weight excluding hydrogens is 208 g/mol. The minimum Gasteiger partial charge on any atom is -0.408 e. The van der Waals surface area contributed by atoms with Crippen LogP contribution >= 0.6 is 0 Å². The molecule has 0 bridgehead atoms. The Morgan fingerprint density at radius 1 is 1.56 bits per heavy atom. The second-order valence-corrected chi connectivity index (χ2v) is 3.72. The van der Waals surface area contributed by atoms with E-state index >= 15 is 0 Å². The number of benzene rings is 1. The van der Waals surface area contributed by atoms with Crippen LogP contribution in [0.4, 0.5) is 0 Å². The van der Waals surface area contributed by atoms with Gasteiger partial charge in [0.05, 0.1) is 12.2 Å². The number of oxazole rings is 1. The van der Waals surface area contributed by atoms with Crippen molar-refractivity contribution in [3.05, 3.63) is 34.3 Å². The molecule has 6 heteroatoms. The van der Waals surface area contributed by atoms with Gasteiger partial charge in [0, 0.05) is 6.54 Å². The molecule has 4 N–H and O–H groups in total. The smallest absolute Gasteiger partial charge is 0.408 e. The van der Waals surface area contributed by atoms with Gasteiger partial charge in [-0.2, -0.15) is 0 Å². The molecule has 1 aromatic carbocycles. The summed E-state index contributed by atoms with van der Waals surface area (Å²) in [5, 5.41) is 0. The van der Waals surface area contributed by atoms with E-state index in [1.54, 1.807) is 6.07 Å². The summed E-state index contributed by atoms with van der Waals surface area (Å²) in [5.41, 5.74) is 4.96. The average molecular weight is 222 g/mol. The molecule has 16 heavy (non-hydrogen) atoms. The largest absolute Gasteiger partial charge is 0.417 e. The van der Waals surface area contributed by atoms with Gasteiger partial charge in [0.15, 0.2) is 5.58 Å². The number of aromatic amines is 1. The minimum atomic E-state index is -0.427. The van der Waals surface area contributed by atoms with E-state index in [0.717, 1.165) is 17.6 Å². The van der Waals surface area contributed by atoms with Crippen molar-refractivity contribution in [3.8, 4) is 0 Å². The number of rotatable bonds is 4. The molecule has 0 spiro atoms. The van der Waals surface area contributed by atoms with Crippen LogP contribution in [0.1, 0.15) is 5.56 Å². The molecule has 0 saturated heterocycles. The van der Waals surface area contributed by atoms with E-state index < -0.39 is 5.76 Å². The first-order valence-corrected chi connectivity index (χ1v) is 4.93. The Balaban J connectivity index is 2.22. The van der Waals surface area contributed by atoms with E-state index in [2.05, 4.69) is 10.4 Å². The second kappa shape index (κ2) is 4.48. The van der Waals surface area contributed by atoms with E-state index in [-0.39, 0.29) is 0 Å². The van der Waals surface area contributed by atoms with Crippen molar-refractivity contribution in [1.82, 2.24) is 15.3 Å². The Bertz CT molecular complexity index is 531. The van der Waals surface area contributed by atoms with Crippen LogP contribution < -0.4 is 17.0 Å². The maximum atomic E-state index is 11.0. The van der Waals surface area contributed by atoms with Gasteiger partial charge >= 0.3 is 5.76 Å². The van der Waals surface area contributed by atoms with Crippen molar-refractivity contribution in [2.45, 2.75) is 6.54 Å². The molecule has 2 aromatic rings. The van der Waals surface area contributed by atoms with Gasteiger partial charge in [-0.3, -0.25) is 15.7 Å². The number of nitrogens with one attached hydrogen (secondary N) is 2. The first-order chi connectivity index (χ1) is 7.69. The number of aromatic nitrogens is 1. The Labute approximate surface area is 92.0 Å². The molecule has 0 aliphatic carbocycles. The van der Waals surface area contributed by atoms with Gasteiger partial charge in [0.1, 0.15) is 0 Å². The monoisotopic (exact) mass is 222 g/mol. The average Bonchev–Trinajstić information content (AvgIpc) is 2.57. The first kappa shape index (κ1) is 10.9. The highest BCUT2D eigenvalue weighted by Crippen LogP contribution is 2.13. The second-order valence-electron chi connectivity index (χ2n) is 3.72. The molecule has 0 atom stereocenters. The number of hydrogen-bond acceptors (Lipinski definition) is 5.